The molecule has 0 spiro atoms. The number of rotatable bonds is 3. The molecular weight excluding hydrogens is 232 g/mol. The van der Waals surface area contributed by atoms with E-state index in [0.29, 0.717) is 5.75 Å². The van der Waals surface area contributed by atoms with Gasteiger partial charge in [-0.15, -0.1) is 5.10 Å². The number of carbonyl (C=O) groups is 1. The van der Waals surface area contributed by atoms with Crippen molar-refractivity contribution in [2.75, 3.05) is 7.11 Å². The van der Waals surface area contributed by atoms with Crippen LogP contribution in [0, 0.1) is 6.92 Å². The lowest BCUT2D eigenvalue weighted by molar-refractivity contribution is 0.0596. The van der Waals surface area contributed by atoms with E-state index in [1.807, 2.05) is 25.1 Å². The Balaban J connectivity index is 2.35. The van der Waals surface area contributed by atoms with Crippen LogP contribution < -0.4 is 4.74 Å². The number of esters is 1. The molecule has 0 aliphatic carbocycles. The van der Waals surface area contributed by atoms with E-state index in [-0.39, 0.29) is 11.4 Å². The molecule has 0 saturated heterocycles. The Labute approximate surface area is 104 Å². The summed E-state index contributed by atoms with van der Waals surface area (Å²) in [7, 11) is 1.31. The number of nitrogens with zero attached hydrogens (tertiary/aromatic N) is 2. The zero-order chi connectivity index (χ0) is 13.0. The quantitative estimate of drug-likeness (QED) is 0.775. The second-order valence-corrected chi connectivity index (χ2v) is 3.61. The summed E-state index contributed by atoms with van der Waals surface area (Å²) in [5, 5.41) is 7.52. The highest BCUT2D eigenvalue weighted by Gasteiger charge is 2.15. The van der Waals surface area contributed by atoms with Crippen LogP contribution in [0.15, 0.2) is 36.5 Å². The molecule has 0 atom stereocenters. The molecule has 2 aromatic rings. The van der Waals surface area contributed by atoms with Gasteiger partial charge in [0.05, 0.1) is 13.3 Å². The average Bonchev–Trinajstić information content (AvgIpc) is 2.41. The Hall–Kier alpha value is -2.43. The smallest absolute Gasteiger partial charge is 0.343 e. The lowest BCUT2D eigenvalue weighted by atomic mass is 10.2. The van der Waals surface area contributed by atoms with Gasteiger partial charge in [0.25, 0.3) is 5.88 Å². The predicted octanol–water partition coefficient (Wildman–Crippen LogP) is 2.36. The van der Waals surface area contributed by atoms with E-state index in [0.717, 1.165) is 5.56 Å². The van der Waals surface area contributed by atoms with Gasteiger partial charge in [-0.05, 0) is 24.6 Å². The molecule has 5 heteroatoms. The van der Waals surface area contributed by atoms with Gasteiger partial charge in [0.15, 0.2) is 0 Å². The van der Waals surface area contributed by atoms with Gasteiger partial charge in [-0.25, -0.2) is 4.79 Å². The van der Waals surface area contributed by atoms with Crippen molar-refractivity contribution in [1.29, 1.82) is 0 Å². The fourth-order valence-corrected chi connectivity index (χ4v) is 1.43. The summed E-state index contributed by atoms with van der Waals surface area (Å²) in [4.78, 5) is 11.5. The molecule has 1 heterocycles. The van der Waals surface area contributed by atoms with Crippen molar-refractivity contribution in [3.05, 3.63) is 47.7 Å². The van der Waals surface area contributed by atoms with Crippen LogP contribution >= 0.6 is 0 Å². The number of hydrogen-bond acceptors (Lipinski definition) is 5. The topological polar surface area (TPSA) is 61.3 Å². The predicted molar refractivity (Wildman–Crippen MR) is 64.6 cm³/mol. The minimum Gasteiger partial charge on any atom is -0.465 e. The molecule has 1 aromatic carbocycles. The van der Waals surface area contributed by atoms with Crippen LogP contribution in [0.4, 0.5) is 0 Å². The first-order valence-corrected chi connectivity index (χ1v) is 5.36. The molecule has 1 aromatic heterocycles. The Kier molecular flexibility index (Phi) is 3.52. The van der Waals surface area contributed by atoms with Crippen molar-refractivity contribution < 1.29 is 14.3 Å². The summed E-state index contributed by atoms with van der Waals surface area (Å²) in [5.41, 5.74) is 1.19. The zero-order valence-electron chi connectivity index (χ0n) is 10.1. The lowest BCUT2D eigenvalue weighted by Crippen LogP contribution is -2.06. The van der Waals surface area contributed by atoms with E-state index in [4.69, 9.17) is 4.74 Å². The number of aryl methyl sites for hydroxylation is 1. The van der Waals surface area contributed by atoms with E-state index in [1.54, 1.807) is 6.07 Å². The number of para-hydroxylation sites is 1. The third kappa shape index (κ3) is 2.45. The SMILES string of the molecule is COC(=O)c1ccnnc1Oc1ccccc1C. The largest absolute Gasteiger partial charge is 0.465 e. The molecule has 0 N–H and O–H groups in total. The first-order valence-electron chi connectivity index (χ1n) is 5.36. The van der Waals surface area contributed by atoms with Crippen molar-refractivity contribution >= 4 is 5.97 Å². The van der Waals surface area contributed by atoms with Crippen LogP contribution in [-0.4, -0.2) is 23.3 Å². The molecule has 0 aliphatic heterocycles. The van der Waals surface area contributed by atoms with Gasteiger partial charge >= 0.3 is 5.97 Å². The fourth-order valence-electron chi connectivity index (χ4n) is 1.43. The Morgan fingerprint density at radius 1 is 1.22 bits per heavy atom. The van der Waals surface area contributed by atoms with Gasteiger partial charge < -0.3 is 9.47 Å². The van der Waals surface area contributed by atoms with Crippen molar-refractivity contribution in [1.82, 2.24) is 10.2 Å². The van der Waals surface area contributed by atoms with Gasteiger partial charge in [-0.3, -0.25) is 0 Å². The molecule has 0 radical (unpaired) electrons. The highest BCUT2D eigenvalue weighted by atomic mass is 16.5. The van der Waals surface area contributed by atoms with Crippen LogP contribution in [0.5, 0.6) is 11.6 Å². The number of hydrogen-bond donors (Lipinski definition) is 0. The van der Waals surface area contributed by atoms with Gasteiger partial charge in [0.2, 0.25) is 0 Å². The van der Waals surface area contributed by atoms with E-state index >= 15 is 0 Å². The molecule has 2 rings (SSSR count). The van der Waals surface area contributed by atoms with Crippen LogP contribution in [-0.2, 0) is 4.74 Å². The van der Waals surface area contributed by atoms with E-state index < -0.39 is 5.97 Å². The molecule has 92 valence electrons. The van der Waals surface area contributed by atoms with Crippen molar-refractivity contribution in [3.63, 3.8) is 0 Å². The number of ether oxygens (including phenoxy) is 2. The summed E-state index contributed by atoms with van der Waals surface area (Å²) in [6, 6.07) is 8.96. The molecule has 0 unspecified atom stereocenters. The maximum atomic E-state index is 11.5. The maximum Gasteiger partial charge on any atom is 0.343 e. The van der Waals surface area contributed by atoms with Gasteiger partial charge in [-0.2, -0.15) is 5.10 Å². The van der Waals surface area contributed by atoms with Crippen molar-refractivity contribution in [2.45, 2.75) is 6.92 Å². The van der Waals surface area contributed by atoms with E-state index in [9.17, 15) is 4.79 Å². The Morgan fingerprint density at radius 3 is 2.72 bits per heavy atom. The molecule has 0 fully saturated rings. The molecule has 0 amide bonds. The fraction of sp³-hybridized carbons (Fsp3) is 0.154. The van der Waals surface area contributed by atoms with Crippen molar-refractivity contribution in [2.24, 2.45) is 0 Å². The second-order valence-electron chi connectivity index (χ2n) is 3.61. The maximum absolute atomic E-state index is 11.5. The van der Waals surface area contributed by atoms with Crippen LogP contribution in [0.3, 0.4) is 0 Å². The Bertz CT molecular complexity index is 570. The third-order valence-corrected chi connectivity index (χ3v) is 2.39. The second kappa shape index (κ2) is 5.27. The first-order chi connectivity index (χ1) is 8.72. The summed E-state index contributed by atoms with van der Waals surface area (Å²) in [5.74, 6) is 0.260. The van der Waals surface area contributed by atoms with Crippen LogP contribution in [0.25, 0.3) is 0 Å². The molecule has 0 bridgehead atoms. The van der Waals surface area contributed by atoms with Gasteiger partial charge in [-0.1, -0.05) is 18.2 Å². The number of carbonyl (C=O) groups excluding carboxylic acids is 1. The third-order valence-electron chi connectivity index (χ3n) is 2.39. The number of methoxy groups -OCH3 is 1. The normalized spacial score (nSPS) is 9.89. The molecule has 5 nitrogen and oxygen atoms in total. The average molecular weight is 244 g/mol. The van der Waals surface area contributed by atoms with Crippen LogP contribution in [0.2, 0.25) is 0 Å². The highest BCUT2D eigenvalue weighted by Crippen LogP contribution is 2.25. The minimum atomic E-state index is -0.506. The Morgan fingerprint density at radius 2 is 2.00 bits per heavy atom. The summed E-state index contributed by atoms with van der Waals surface area (Å²) in [6.07, 6.45) is 1.41. The minimum absolute atomic E-state index is 0.138. The van der Waals surface area contributed by atoms with Crippen molar-refractivity contribution in [3.8, 4) is 11.6 Å². The van der Waals surface area contributed by atoms with E-state index in [1.165, 1.54) is 19.4 Å². The van der Waals surface area contributed by atoms with Gasteiger partial charge in [0.1, 0.15) is 11.3 Å². The zero-order valence-corrected chi connectivity index (χ0v) is 10.1. The standard InChI is InChI=1S/C13H12N2O3/c1-9-5-3-4-6-11(9)18-12-10(13(16)17-2)7-8-14-15-12/h3-8H,1-2H3. The van der Waals surface area contributed by atoms with E-state index in [2.05, 4.69) is 14.9 Å². The summed E-state index contributed by atoms with van der Waals surface area (Å²) >= 11 is 0. The molecular formula is C13H12N2O3. The number of benzene rings is 1. The number of aromatic nitrogens is 2. The summed E-state index contributed by atoms with van der Waals surface area (Å²) < 4.78 is 10.2. The van der Waals surface area contributed by atoms with Crippen LogP contribution in [0.1, 0.15) is 15.9 Å². The lowest BCUT2D eigenvalue weighted by Gasteiger charge is -2.09. The molecule has 0 aliphatic rings. The summed E-state index contributed by atoms with van der Waals surface area (Å²) in [6.45, 7) is 1.91. The molecule has 0 saturated carbocycles. The highest BCUT2D eigenvalue weighted by molar-refractivity contribution is 5.91. The monoisotopic (exact) mass is 244 g/mol. The molecule has 18 heavy (non-hydrogen) atoms. The first kappa shape index (κ1) is 12.0. The van der Waals surface area contributed by atoms with Gasteiger partial charge in [0, 0.05) is 0 Å².